The van der Waals surface area contributed by atoms with Crippen LogP contribution in [0.15, 0.2) is 78.9 Å². The lowest BCUT2D eigenvalue weighted by molar-refractivity contribution is -0.119. The van der Waals surface area contributed by atoms with E-state index in [2.05, 4.69) is 0 Å². The van der Waals surface area contributed by atoms with E-state index in [0.717, 1.165) is 16.7 Å². The molecule has 0 saturated carbocycles. The van der Waals surface area contributed by atoms with E-state index in [0.29, 0.717) is 11.5 Å². The van der Waals surface area contributed by atoms with Crippen molar-refractivity contribution in [2.24, 2.45) is 0 Å². The Hall–Kier alpha value is -3.07. The third kappa shape index (κ3) is 2.86. The summed E-state index contributed by atoms with van der Waals surface area (Å²) < 4.78 is 10.9. The molecule has 0 amide bonds. The lowest BCUT2D eigenvalue weighted by Gasteiger charge is -2.33. The number of hydrogen-bond acceptors (Lipinski definition) is 3. The van der Waals surface area contributed by atoms with Gasteiger partial charge in [-0.1, -0.05) is 66.7 Å². The average molecular weight is 346 g/mol. The molecule has 132 valence electrons. The van der Waals surface area contributed by atoms with Crippen LogP contribution >= 0.6 is 0 Å². The van der Waals surface area contributed by atoms with Crippen molar-refractivity contribution in [3.05, 3.63) is 95.6 Å². The monoisotopic (exact) mass is 346 g/mol. The molecule has 3 aromatic carbocycles. The number of hydrogen-bond donors (Lipinski definition) is 0. The van der Waals surface area contributed by atoms with Crippen molar-refractivity contribution in [2.45, 2.75) is 12.3 Å². The minimum absolute atomic E-state index is 0.0436. The minimum atomic E-state index is -0.915. The van der Waals surface area contributed by atoms with Gasteiger partial charge in [0.15, 0.2) is 11.5 Å². The van der Waals surface area contributed by atoms with Gasteiger partial charge in [0.2, 0.25) is 0 Å². The van der Waals surface area contributed by atoms with Crippen LogP contribution in [0, 0.1) is 0 Å². The van der Waals surface area contributed by atoms with Gasteiger partial charge in [0.25, 0.3) is 0 Å². The molecule has 3 nitrogen and oxygen atoms in total. The predicted octanol–water partition coefficient (Wildman–Crippen LogP) is 4.63. The summed E-state index contributed by atoms with van der Waals surface area (Å²) in [6, 6.07) is 25.4. The molecule has 0 spiro atoms. The smallest absolute Gasteiger partial charge is 0.161 e. The van der Waals surface area contributed by atoms with E-state index >= 15 is 0 Å². The van der Waals surface area contributed by atoms with Crippen molar-refractivity contribution in [3.8, 4) is 11.5 Å². The first-order valence-electron chi connectivity index (χ1n) is 8.49. The average Bonchev–Trinajstić information content (AvgIpc) is 2.70. The van der Waals surface area contributed by atoms with Crippen LogP contribution in [0.4, 0.5) is 0 Å². The van der Waals surface area contributed by atoms with Crippen LogP contribution in [0.1, 0.15) is 23.6 Å². The Bertz CT molecular complexity index is 846. The van der Waals surface area contributed by atoms with Gasteiger partial charge in [0, 0.05) is 0 Å². The van der Waals surface area contributed by atoms with Gasteiger partial charge in [-0.3, -0.25) is 4.79 Å². The topological polar surface area (TPSA) is 35.5 Å². The summed E-state index contributed by atoms with van der Waals surface area (Å²) in [6.45, 7) is 1.64. The highest BCUT2D eigenvalue weighted by Gasteiger charge is 2.41. The number of ether oxygens (including phenoxy) is 2. The maximum atomic E-state index is 13.1. The van der Waals surface area contributed by atoms with E-state index in [-0.39, 0.29) is 5.78 Å². The first kappa shape index (κ1) is 17.7. The van der Waals surface area contributed by atoms with Gasteiger partial charge >= 0.3 is 0 Å². The van der Waals surface area contributed by atoms with E-state index in [4.69, 9.17) is 9.47 Å². The van der Waals surface area contributed by atoms with Crippen LogP contribution in [0.5, 0.6) is 11.5 Å². The fraction of sp³-hybridized carbons (Fsp3) is 0.174. The number of benzene rings is 3. The molecule has 26 heavy (non-hydrogen) atoms. The van der Waals surface area contributed by atoms with Crippen molar-refractivity contribution in [3.63, 3.8) is 0 Å². The molecule has 0 aliphatic rings. The maximum absolute atomic E-state index is 13.1. The third-order valence-electron chi connectivity index (χ3n) is 4.76. The Morgan fingerprint density at radius 2 is 1.19 bits per heavy atom. The molecule has 0 aliphatic heterocycles. The maximum Gasteiger partial charge on any atom is 0.161 e. The summed E-state index contributed by atoms with van der Waals surface area (Å²) in [5.74, 6) is 1.28. The molecule has 0 radical (unpaired) electrons. The van der Waals surface area contributed by atoms with Gasteiger partial charge in [-0.2, -0.15) is 0 Å². The zero-order valence-corrected chi connectivity index (χ0v) is 15.2. The number of rotatable bonds is 6. The molecular weight excluding hydrogens is 324 g/mol. The van der Waals surface area contributed by atoms with Crippen molar-refractivity contribution in [2.75, 3.05) is 14.2 Å². The molecule has 0 aromatic heterocycles. The normalized spacial score (nSPS) is 11.0. The second-order valence-electron chi connectivity index (χ2n) is 6.11. The molecule has 0 N–H and O–H groups in total. The first-order valence-corrected chi connectivity index (χ1v) is 8.49. The minimum Gasteiger partial charge on any atom is -0.493 e. The van der Waals surface area contributed by atoms with Crippen LogP contribution in [0.2, 0.25) is 0 Å². The number of methoxy groups -OCH3 is 2. The molecule has 0 fully saturated rings. The second-order valence-corrected chi connectivity index (χ2v) is 6.11. The van der Waals surface area contributed by atoms with Gasteiger partial charge in [-0.15, -0.1) is 0 Å². The highest BCUT2D eigenvalue weighted by molar-refractivity contribution is 5.96. The molecule has 3 rings (SSSR count). The first-order chi connectivity index (χ1) is 12.6. The lowest BCUT2D eigenvalue weighted by Crippen LogP contribution is -2.37. The van der Waals surface area contributed by atoms with E-state index in [1.54, 1.807) is 21.1 Å². The van der Waals surface area contributed by atoms with Crippen LogP contribution in [0.25, 0.3) is 0 Å². The molecular formula is C23H22O3. The third-order valence-corrected chi connectivity index (χ3v) is 4.76. The Labute approximate surface area is 154 Å². The van der Waals surface area contributed by atoms with Crippen LogP contribution < -0.4 is 9.47 Å². The van der Waals surface area contributed by atoms with E-state index in [9.17, 15) is 4.79 Å². The van der Waals surface area contributed by atoms with Crippen LogP contribution in [-0.4, -0.2) is 20.0 Å². The highest BCUT2D eigenvalue weighted by Crippen LogP contribution is 2.42. The number of ketones is 1. The summed E-state index contributed by atoms with van der Waals surface area (Å²) >= 11 is 0. The van der Waals surface area contributed by atoms with Crippen LogP contribution in [-0.2, 0) is 10.2 Å². The van der Waals surface area contributed by atoms with Gasteiger partial charge in [-0.25, -0.2) is 0 Å². The fourth-order valence-electron chi connectivity index (χ4n) is 3.56. The molecule has 0 heterocycles. The van der Waals surface area contributed by atoms with Gasteiger partial charge in [0.05, 0.1) is 14.2 Å². The number of carbonyl (C=O) groups is 1. The highest BCUT2D eigenvalue weighted by atomic mass is 16.5. The quantitative estimate of drug-likeness (QED) is 0.611. The summed E-state index contributed by atoms with van der Waals surface area (Å²) in [4.78, 5) is 13.1. The number of carbonyl (C=O) groups excluding carboxylic acids is 1. The number of Topliss-reactive ketones (excluding diaryl/α,β-unsaturated/α-hetero) is 1. The molecule has 0 saturated heterocycles. The van der Waals surface area contributed by atoms with E-state index < -0.39 is 5.41 Å². The van der Waals surface area contributed by atoms with E-state index in [1.165, 1.54) is 0 Å². The molecule has 3 heteroatoms. The Morgan fingerprint density at radius 1 is 0.692 bits per heavy atom. The lowest BCUT2D eigenvalue weighted by atomic mass is 9.67. The fourth-order valence-corrected chi connectivity index (χ4v) is 3.56. The standard InChI is InChI=1S/C23H22O3/c1-17(24)23(18-10-6-4-7-11-18,19-12-8-5-9-13-19)20-14-15-21(25-2)22(16-20)26-3/h4-16H,1-3H3. The van der Waals surface area contributed by atoms with Crippen molar-refractivity contribution in [1.82, 2.24) is 0 Å². The summed E-state index contributed by atoms with van der Waals surface area (Å²) in [5, 5.41) is 0. The van der Waals surface area contributed by atoms with Crippen molar-refractivity contribution in [1.29, 1.82) is 0 Å². The summed E-state index contributed by atoms with van der Waals surface area (Å²) in [5.41, 5.74) is 1.78. The Balaban J connectivity index is 2.36. The van der Waals surface area contributed by atoms with Gasteiger partial charge in [-0.05, 0) is 35.7 Å². The SMILES string of the molecule is COc1ccc(C(C(C)=O)(c2ccccc2)c2ccccc2)cc1OC. The van der Waals surface area contributed by atoms with Crippen LogP contribution in [0.3, 0.4) is 0 Å². The zero-order valence-electron chi connectivity index (χ0n) is 15.2. The molecule has 3 aromatic rings. The van der Waals surface area contributed by atoms with E-state index in [1.807, 2.05) is 78.9 Å². The van der Waals surface area contributed by atoms with Crippen molar-refractivity contribution < 1.29 is 14.3 Å². The Morgan fingerprint density at radius 3 is 1.62 bits per heavy atom. The Kier molecular flexibility index (Phi) is 5.08. The molecule has 0 bridgehead atoms. The molecule has 0 aliphatic carbocycles. The zero-order chi connectivity index (χ0) is 18.6. The van der Waals surface area contributed by atoms with Crippen molar-refractivity contribution >= 4 is 5.78 Å². The van der Waals surface area contributed by atoms with Gasteiger partial charge in [0.1, 0.15) is 11.2 Å². The summed E-state index contributed by atoms with van der Waals surface area (Å²) in [7, 11) is 3.20. The summed E-state index contributed by atoms with van der Waals surface area (Å²) in [6.07, 6.45) is 0. The molecule has 0 atom stereocenters. The second kappa shape index (κ2) is 7.44. The van der Waals surface area contributed by atoms with Gasteiger partial charge < -0.3 is 9.47 Å². The predicted molar refractivity (Wildman–Crippen MR) is 103 cm³/mol. The largest absolute Gasteiger partial charge is 0.493 e. The molecule has 0 unspecified atom stereocenters.